The summed E-state index contributed by atoms with van der Waals surface area (Å²) >= 11 is 0. The summed E-state index contributed by atoms with van der Waals surface area (Å²) in [6.45, 7) is 1.75. The first-order valence-corrected chi connectivity index (χ1v) is 9.41. The van der Waals surface area contributed by atoms with Crippen LogP contribution in [0.25, 0.3) is 0 Å². The highest BCUT2D eigenvalue weighted by Crippen LogP contribution is 2.33. The normalized spacial score (nSPS) is 16.4. The first kappa shape index (κ1) is 16.1. The number of imidazole rings is 1. The van der Waals surface area contributed by atoms with Gasteiger partial charge in [-0.2, -0.15) is 8.42 Å². The van der Waals surface area contributed by atoms with Crippen LogP contribution in [0.15, 0.2) is 35.5 Å². The van der Waals surface area contributed by atoms with E-state index in [1.54, 1.807) is 30.7 Å². The van der Waals surface area contributed by atoms with E-state index in [2.05, 4.69) is 4.98 Å². The smallest absolute Gasteiger partial charge is 0.358 e. The topological polar surface area (TPSA) is 61.2 Å². The van der Waals surface area contributed by atoms with E-state index in [-0.39, 0.29) is 5.03 Å². The molecule has 1 heterocycles. The van der Waals surface area contributed by atoms with Crippen LogP contribution in [0.4, 0.5) is 0 Å². The van der Waals surface area contributed by atoms with Crippen LogP contribution in [0, 0.1) is 6.92 Å². The third-order valence-corrected chi connectivity index (χ3v) is 5.63. The van der Waals surface area contributed by atoms with Gasteiger partial charge < -0.3 is 8.75 Å². The van der Waals surface area contributed by atoms with Crippen molar-refractivity contribution in [1.29, 1.82) is 0 Å². The second-order valence-corrected chi connectivity index (χ2v) is 7.67. The Morgan fingerprint density at radius 1 is 1.13 bits per heavy atom. The lowest BCUT2D eigenvalue weighted by atomic mass is 9.84. The van der Waals surface area contributed by atoms with E-state index >= 15 is 0 Å². The quantitative estimate of drug-likeness (QED) is 0.802. The van der Waals surface area contributed by atoms with Gasteiger partial charge >= 0.3 is 10.1 Å². The molecule has 1 aromatic carbocycles. The van der Waals surface area contributed by atoms with Gasteiger partial charge in [-0.15, -0.1) is 0 Å². The highest BCUT2D eigenvalue weighted by molar-refractivity contribution is 7.87. The molecule has 0 aliphatic heterocycles. The summed E-state index contributed by atoms with van der Waals surface area (Å²) in [6.07, 6.45) is 7.75. The molecule has 1 aliphatic carbocycles. The van der Waals surface area contributed by atoms with Gasteiger partial charge in [-0.1, -0.05) is 31.4 Å². The van der Waals surface area contributed by atoms with Crippen molar-refractivity contribution in [3.63, 3.8) is 0 Å². The van der Waals surface area contributed by atoms with E-state index in [0.29, 0.717) is 17.5 Å². The van der Waals surface area contributed by atoms with Crippen molar-refractivity contribution in [2.75, 3.05) is 0 Å². The fourth-order valence-electron chi connectivity index (χ4n) is 3.05. The number of aryl methyl sites for hydroxylation is 2. The molecular formula is C17H22N2O3S. The van der Waals surface area contributed by atoms with Gasteiger partial charge in [0, 0.05) is 13.2 Å². The summed E-state index contributed by atoms with van der Waals surface area (Å²) in [7, 11) is -2.13. The van der Waals surface area contributed by atoms with E-state index in [9.17, 15) is 8.42 Å². The lowest BCUT2D eigenvalue weighted by Gasteiger charge is -2.22. The monoisotopic (exact) mass is 334 g/mol. The molecule has 2 aromatic rings. The third kappa shape index (κ3) is 3.58. The van der Waals surface area contributed by atoms with Crippen LogP contribution in [0.3, 0.4) is 0 Å². The Balaban J connectivity index is 1.74. The molecule has 0 unspecified atom stereocenters. The van der Waals surface area contributed by atoms with Gasteiger partial charge in [-0.3, -0.25) is 0 Å². The molecule has 0 bridgehead atoms. The van der Waals surface area contributed by atoms with Gasteiger partial charge in [0.15, 0.2) is 0 Å². The zero-order chi connectivity index (χ0) is 16.4. The number of hydrogen-bond acceptors (Lipinski definition) is 4. The first-order chi connectivity index (χ1) is 11.0. The van der Waals surface area contributed by atoms with E-state index in [1.807, 2.05) is 12.1 Å². The Bertz CT molecular complexity index is 753. The van der Waals surface area contributed by atoms with Gasteiger partial charge in [0.25, 0.3) is 0 Å². The van der Waals surface area contributed by atoms with Crippen LogP contribution in [0.5, 0.6) is 5.75 Å². The molecule has 1 aromatic heterocycles. The SMILES string of the molecule is Cc1nc(S(=O)(=O)Oc2ccc(C3CCCCC3)cc2)cn1C. The van der Waals surface area contributed by atoms with Gasteiger partial charge in [0.05, 0.1) is 0 Å². The summed E-state index contributed by atoms with van der Waals surface area (Å²) in [5.74, 6) is 1.54. The third-order valence-electron chi connectivity index (χ3n) is 4.51. The maximum atomic E-state index is 12.3. The fourth-order valence-corrected chi connectivity index (χ4v) is 4.03. The van der Waals surface area contributed by atoms with Gasteiger partial charge in [0.2, 0.25) is 5.03 Å². The maximum Gasteiger partial charge on any atom is 0.358 e. The zero-order valence-corrected chi connectivity index (χ0v) is 14.3. The maximum absolute atomic E-state index is 12.3. The number of nitrogens with zero attached hydrogens (tertiary/aromatic N) is 2. The van der Waals surface area contributed by atoms with Crippen LogP contribution in [-0.2, 0) is 17.2 Å². The lowest BCUT2D eigenvalue weighted by molar-refractivity contribution is 0.443. The Morgan fingerprint density at radius 2 is 1.78 bits per heavy atom. The van der Waals surface area contributed by atoms with Crippen LogP contribution in [-0.4, -0.2) is 18.0 Å². The van der Waals surface area contributed by atoms with Crippen LogP contribution < -0.4 is 4.18 Å². The minimum atomic E-state index is -3.88. The molecule has 0 saturated heterocycles. The summed E-state index contributed by atoms with van der Waals surface area (Å²) in [4.78, 5) is 4.02. The Labute approximate surface area is 137 Å². The summed E-state index contributed by atoms with van der Waals surface area (Å²) in [5.41, 5.74) is 1.27. The molecule has 5 nitrogen and oxygen atoms in total. The molecular weight excluding hydrogens is 312 g/mol. The molecule has 3 rings (SSSR count). The highest BCUT2D eigenvalue weighted by atomic mass is 32.2. The molecule has 124 valence electrons. The second-order valence-electron chi connectivity index (χ2n) is 6.18. The molecule has 0 amide bonds. The summed E-state index contributed by atoms with van der Waals surface area (Å²) < 4.78 is 31.4. The number of hydrogen-bond donors (Lipinski definition) is 0. The van der Waals surface area contributed by atoms with Crippen molar-refractivity contribution in [1.82, 2.24) is 9.55 Å². The molecule has 0 radical (unpaired) electrons. The number of benzene rings is 1. The minimum absolute atomic E-state index is 0.0612. The average Bonchev–Trinajstić information content (AvgIpc) is 2.89. The van der Waals surface area contributed by atoms with Crippen molar-refractivity contribution in [3.05, 3.63) is 41.9 Å². The van der Waals surface area contributed by atoms with Gasteiger partial charge in [-0.05, 0) is 43.4 Å². The first-order valence-electron chi connectivity index (χ1n) is 8.00. The molecule has 1 saturated carbocycles. The predicted octanol–water partition coefficient (Wildman–Crippen LogP) is 3.54. The van der Waals surface area contributed by atoms with E-state index < -0.39 is 10.1 Å². The van der Waals surface area contributed by atoms with Crippen molar-refractivity contribution in [3.8, 4) is 5.75 Å². The van der Waals surface area contributed by atoms with Crippen molar-refractivity contribution < 1.29 is 12.6 Å². The number of aromatic nitrogens is 2. The molecule has 0 N–H and O–H groups in total. The van der Waals surface area contributed by atoms with Crippen LogP contribution in [0.2, 0.25) is 0 Å². The highest BCUT2D eigenvalue weighted by Gasteiger charge is 2.21. The minimum Gasteiger partial charge on any atom is -0.378 e. The van der Waals surface area contributed by atoms with E-state index in [1.165, 1.54) is 43.9 Å². The summed E-state index contributed by atoms with van der Waals surface area (Å²) in [6, 6.07) is 7.42. The van der Waals surface area contributed by atoms with Crippen LogP contribution in [0.1, 0.15) is 49.4 Å². The van der Waals surface area contributed by atoms with Crippen molar-refractivity contribution in [2.24, 2.45) is 7.05 Å². The Kier molecular flexibility index (Phi) is 4.43. The predicted molar refractivity (Wildman–Crippen MR) is 88.0 cm³/mol. The number of rotatable bonds is 4. The average molecular weight is 334 g/mol. The molecule has 1 fully saturated rings. The summed E-state index contributed by atoms with van der Waals surface area (Å²) in [5, 5.41) is -0.0612. The zero-order valence-electron chi connectivity index (χ0n) is 13.5. The molecule has 0 spiro atoms. The van der Waals surface area contributed by atoms with Crippen molar-refractivity contribution >= 4 is 10.1 Å². The van der Waals surface area contributed by atoms with Gasteiger partial charge in [0.1, 0.15) is 11.6 Å². The fraction of sp³-hybridized carbons (Fsp3) is 0.471. The lowest BCUT2D eigenvalue weighted by Crippen LogP contribution is -2.10. The van der Waals surface area contributed by atoms with Crippen LogP contribution >= 0.6 is 0 Å². The van der Waals surface area contributed by atoms with Gasteiger partial charge in [-0.25, -0.2) is 4.98 Å². The van der Waals surface area contributed by atoms with E-state index in [4.69, 9.17) is 4.18 Å². The Hall–Kier alpha value is -1.82. The largest absolute Gasteiger partial charge is 0.378 e. The standard InChI is InChI=1S/C17H22N2O3S/c1-13-18-17(12-19(13)2)23(20,21)22-16-10-8-15(9-11-16)14-6-4-3-5-7-14/h8-12,14H,3-7H2,1-2H3. The molecule has 6 heteroatoms. The molecule has 23 heavy (non-hydrogen) atoms. The molecule has 0 atom stereocenters. The van der Waals surface area contributed by atoms with Crippen molar-refractivity contribution in [2.45, 2.75) is 50.0 Å². The Morgan fingerprint density at radius 3 is 2.35 bits per heavy atom. The second kappa shape index (κ2) is 6.35. The van der Waals surface area contributed by atoms with E-state index in [0.717, 1.165) is 0 Å². The molecule has 1 aliphatic rings.